The fraction of sp³-hybridized carbons (Fsp3) is 0.308. The molecule has 0 saturated carbocycles. The van der Waals surface area contributed by atoms with Crippen LogP contribution >= 0.6 is 46.4 Å². The Bertz CT molecular complexity index is 3200. The van der Waals surface area contributed by atoms with E-state index >= 15 is 0 Å². The average Bonchev–Trinajstić information content (AvgIpc) is 3.99. The van der Waals surface area contributed by atoms with Crippen molar-refractivity contribution in [2.45, 2.75) is 54.4 Å². The first kappa shape index (κ1) is 55.9. The number of halogens is 4. The van der Waals surface area contributed by atoms with E-state index in [1.807, 2.05) is 34.7 Å². The summed E-state index contributed by atoms with van der Waals surface area (Å²) in [7, 11) is 5.33. The molecule has 68 heavy (non-hydrogen) atoms. The topological polar surface area (TPSA) is 322 Å². The van der Waals surface area contributed by atoms with Crippen molar-refractivity contribution in [3.63, 3.8) is 0 Å². The molecule has 0 spiro atoms. The first-order chi connectivity index (χ1) is 31.4. The van der Waals surface area contributed by atoms with Gasteiger partial charge in [-0.15, -0.1) is 0 Å². The molecule has 9 rings (SSSR count). The molecule has 9 aromatic heterocycles. The third-order valence-electron chi connectivity index (χ3n) is 9.06. The Balaban J connectivity index is 0.000000226. The van der Waals surface area contributed by atoms with Crippen LogP contribution in [0.25, 0.3) is 44.1 Å². The van der Waals surface area contributed by atoms with Gasteiger partial charge in [0, 0.05) is 26.8 Å². The number of aromatic carboxylic acids is 1. The van der Waals surface area contributed by atoms with Gasteiger partial charge in [0.15, 0.2) is 39.8 Å². The van der Waals surface area contributed by atoms with Crippen molar-refractivity contribution >= 4 is 108 Å². The first-order valence-corrected chi connectivity index (χ1v) is 20.9. The van der Waals surface area contributed by atoms with Crippen molar-refractivity contribution in [1.29, 1.82) is 0 Å². The number of carboxylic acids is 1. The number of carbonyl (C=O) groups is 3. The molecule has 0 bridgehead atoms. The van der Waals surface area contributed by atoms with E-state index < -0.39 is 11.9 Å². The number of aromatic amines is 1. The number of hydrogen-bond acceptors (Lipinski definition) is 19. The number of Topliss-reactive ketones (excluding diaryl/α,β-unsaturated/α-hetero) is 1. The van der Waals surface area contributed by atoms with Crippen LogP contribution in [0.2, 0.25) is 20.6 Å². The molecule has 9 aromatic rings. The van der Waals surface area contributed by atoms with E-state index in [-0.39, 0.29) is 51.7 Å². The van der Waals surface area contributed by atoms with Crippen LogP contribution in [0.15, 0.2) is 31.6 Å². The fourth-order valence-electron chi connectivity index (χ4n) is 6.07. The van der Waals surface area contributed by atoms with Crippen LogP contribution < -0.4 is 18.9 Å². The summed E-state index contributed by atoms with van der Waals surface area (Å²) in [6.07, 6.45) is 8.46. The Labute approximate surface area is 418 Å². The SMILES string of the molecule is CC(=O)c1c(Cl)ncnc1Cl.CCCCOC(=O)c1ncnc2c1c(C)nn2C.Cc1[nH]nc2ncnc(Cl)c12.Cc1nn(C)c2ncnc(C(=O)O)c12.Cc1nn(C)c2ncnc(Cl)c12.[Li+].[OH-]. The summed E-state index contributed by atoms with van der Waals surface area (Å²) < 4.78 is 10.0. The monoisotopic (exact) mass is 1000 g/mol. The third-order valence-corrected chi connectivity index (χ3v) is 10.2. The number of esters is 1. The standard InChI is InChI=1S/C12H16N4O2.C8H8N4O2.C7H7ClN4.C6H4Cl2N2O.C6H5ClN4.Li.H2O/c1-4-5-6-18-12(17)10-9-8(2)15-16(3)11(9)14-7-13-10;1-4-5-6(8(13)14)9-3-10-7(5)12(2)11-4;1-4-5-6(8)9-3-10-7(5)12(2)11-4;1-3(11)4-5(7)9-2-10-6(4)8;1-3-4-5(7)8-2-9-6(4)11-10-3;;/h7H,4-6H2,1-3H3;3H,1-2H3,(H,13,14);3H,1-2H3;2H,1H3;2H,1H3,(H,8,9,10,11);;1H2/q;;;;;+1;/p-1. The molecule has 0 amide bonds. The van der Waals surface area contributed by atoms with Gasteiger partial charge in [-0.3, -0.25) is 23.9 Å². The zero-order valence-corrected chi connectivity index (χ0v) is 41.2. The molecule has 0 atom stereocenters. The number of aryl methyl sites for hydroxylation is 7. The average molecular weight is 1010 g/mol. The van der Waals surface area contributed by atoms with Crippen LogP contribution in [0.4, 0.5) is 0 Å². The molecule has 3 N–H and O–H groups in total. The second kappa shape index (κ2) is 25.1. The first-order valence-electron chi connectivity index (χ1n) is 19.3. The molecular weight excluding hydrogens is 965 g/mol. The molecule has 9 heterocycles. The van der Waals surface area contributed by atoms with Crippen LogP contribution in [0.1, 0.15) is 80.8 Å². The van der Waals surface area contributed by atoms with Crippen LogP contribution in [-0.2, 0) is 25.9 Å². The number of H-pyrrole nitrogens is 1. The molecule has 0 saturated heterocycles. The van der Waals surface area contributed by atoms with E-state index in [0.29, 0.717) is 56.0 Å². The van der Waals surface area contributed by atoms with Gasteiger partial charge < -0.3 is 15.3 Å². The molecule has 0 fully saturated rings. The molecule has 0 aliphatic carbocycles. The minimum Gasteiger partial charge on any atom is -0.870 e. The summed E-state index contributed by atoms with van der Waals surface area (Å²) in [6.45, 7) is 11.1. The zero-order chi connectivity index (χ0) is 48.4. The molecule has 0 aliphatic rings. The van der Waals surface area contributed by atoms with Gasteiger partial charge in [-0.2, -0.15) is 20.4 Å². The molecule has 0 aliphatic heterocycles. The molecule has 0 radical (unpaired) electrons. The van der Waals surface area contributed by atoms with E-state index in [2.05, 4.69) is 75.3 Å². The van der Waals surface area contributed by atoms with Crippen molar-refractivity contribution in [2.75, 3.05) is 6.61 Å². The maximum absolute atomic E-state index is 11.9. The maximum Gasteiger partial charge on any atom is 1.00 e. The van der Waals surface area contributed by atoms with Crippen molar-refractivity contribution in [3.8, 4) is 0 Å². The van der Waals surface area contributed by atoms with E-state index in [4.69, 9.17) is 56.2 Å². The summed E-state index contributed by atoms with van der Waals surface area (Å²) in [4.78, 5) is 72.4. The zero-order valence-electron chi connectivity index (χ0n) is 38.1. The van der Waals surface area contributed by atoms with Crippen molar-refractivity contribution in [3.05, 3.63) is 92.0 Å². The second-order valence-corrected chi connectivity index (χ2v) is 15.2. The van der Waals surface area contributed by atoms with E-state index in [0.717, 1.165) is 46.3 Å². The predicted molar refractivity (Wildman–Crippen MR) is 246 cm³/mol. The number of ketones is 1. The number of hydrogen-bond donors (Lipinski definition) is 2. The normalized spacial score (nSPS) is 10.3. The van der Waals surface area contributed by atoms with Gasteiger partial charge in [0.1, 0.15) is 52.2 Å². The van der Waals surface area contributed by atoms with Gasteiger partial charge in [0.05, 0.1) is 50.8 Å². The predicted octanol–water partition coefficient (Wildman–Crippen LogP) is 3.45. The molecule has 0 aromatic carbocycles. The number of ether oxygens (including phenoxy) is 1. The van der Waals surface area contributed by atoms with Gasteiger partial charge in [-0.25, -0.2) is 59.4 Å². The Hall–Kier alpha value is -6.39. The Kier molecular flexibility index (Phi) is 20.7. The van der Waals surface area contributed by atoms with Crippen molar-refractivity contribution in [2.24, 2.45) is 21.1 Å². The van der Waals surface area contributed by atoms with Gasteiger partial charge in [0.2, 0.25) is 0 Å². The molecule has 24 nitrogen and oxygen atoms in total. The molecular formula is C39H41Cl4LiN18O6. The summed E-state index contributed by atoms with van der Waals surface area (Å²) in [5, 5.41) is 32.0. The smallest absolute Gasteiger partial charge is 0.870 e. The van der Waals surface area contributed by atoms with Crippen LogP contribution in [0.3, 0.4) is 0 Å². The number of nitrogens with one attached hydrogen (secondary N) is 1. The number of carbonyl (C=O) groups excluding carboxylic acids is 2. The van der Waals surface area contributed by atoms with Gasteiger partial charge in [-0.1, -0.05) is 59.7 Å². The number of fused-ring (bicyclic) bond motifs is 4. The fourth-order valence-corrected chi connectivity index (χ4v) is 7.19. The summed E-state index contributed by atoms with van der Waals surface area (Å²) >= 11 is 22.8. The van der Waals surface area contributed by atoms with Gasteiger partial charge in [0.25, 0.3) is 0 Å². The van der Waals surface area contributed by atoms with E-state index in [1.165, 1.54) is 38.6 Å². The maximum atomic E-state index is 11.9. The minimum atomic E-state index is -1.06. The van der Waals surface area contributed by atoms with Crippen LogP contribution in [0.5, 0.6) is 0 Å². The minimum absolute atomic E-state index is 0. The number of nitrogens with zero attached hydrogens (tertiary/aromatic N) is 17. The Morgan fingerprint density at radius 2 is 1.03 bits per heavy atom. The van der Waals surface area contributed by atoms with Gasteiger partial charge >= 0.3 is 30.8 Å². The molecule has 352 valence electrons. The van der Waals surface area contributed by atoms with E-state index in [1.54, 1.807) is 35.1 Å². The largest absolute Gasteiger partial charge is 1.00 e. The van der Waals surface area contributed by atoms with Crippen LogP contribution in [0, 0.1) is 27.7 Å². The van der Waals surface area contributed by atoms with Crippen molar-refractivity contribution in [1.82, 2.24) is 89.4 Å². The Morgan fingerprint density at radius 3 is 1.49 bits per heavy atom. The second-order valence-electron chi connectivity index (χ2n) is 13.7. The number of unbranched alkanes of at least 4 members (excludes halogenated alkanes) is 1. The quantitative estimate of drug-likeness (QED) is 0.0792. The Morgan fingerprint density at radius 1 is 0.618 bits per heavy atom. The summed E-state index contributed by atoms with van der Waals surface area (Å²) in [6, 6.07) is 0. The molecule has 0 unspecified atom stereocenters. The van der Waals surface area contributed by atoms with Crippen molar-refractivity contribution < 1.29 is 48.6 Å². The number of rotatable bonds is 6. The van der Waals surface area contributed by atoms with E-state index in [9.17, 15) is 14.4 Å². The number of aromatic nitrogens is 18. The third kappa shape index (κ3) is 13.0. The summed E-state index contributed by atoms with van der Waals surface area (Å²) in [5.41, 5.74) is 6.15. The summed E-state index contributed by atoms with van der Waals surface area (Å²) in [5.74, 6) is -1.71. The molecule has 29 heteroatoms. The van der Waals surface area contributed by atoms with Gasteiger partial charge in [-0.05, 0) is 41.0 Å². The number of carboxylic acid groups (broad SMARTS) is 1. The van der Waals surface area contributed by atoms with Crippen LogP contribution in [-0.4, -0.2) is 124 Å².